The number of anilines is 2. The number of amides is 1. The number of likely N-dealkylation sites (N-methyl/N-ethyl adjacent to an activating group) is 1. The van der Waals surface area contributed by atoms with Crippen molar-refractivity contribution in [1.29, 1.82) is 0 Å². The Balaban J connectivity index is 1.75. The molecule has 2 aliphatic rings. The highest BCUT2D eigenvalue weighted by Crippen LogP contribution is 2.31. The van der Waals surface area contributed by atoms with Crippen molar-refractivity contribution in [3.8, 4) is 0 Å². The summed E-state index contributed by atoms with van der Waals surface area (Å²) in [6.45, 7) is 6.61. The number of thiazole rings is 1. The Morgan fingerprint density at radius 1 is 1.29 bits per heavy atom. The molecule has 1 aromatic heterocycles. The monoisotopic (exact) mass is 309 g/mol. The quantitative estimate of drug-likeness (QED) is 0.886. The van der Waals surface area contributed by atoms with Gasteiger partial charge in [-0.2, -0.15) is 0 Å². The van der Waals surface area contributed by atoms with Crippen LogP contribution in [-0.4, -0.2) is 66.5 Å². The molecule has 1 aromatic rings. The Morgan fingerprint density at radius 2 is 2.00 bits per heavy atom. The zero-order valence-electron chi connectivity index (χ0n) is 12.7. The van der Waals surface area contributed by atoms with Crippen LogP contribution in [0.15, 0.2) is 0 Å². The number of nitrogens with two attached hydrogens (primary N) is 1. The molecule has 7 heteroatoms. The van der Waals surface area contributed by atoms with E-state index >= 15 is 0 Å². The maximum atomic E-state index is 12.7. The summed E-state index contributed by atoms with van der Waals surface area (Å²) >= 11 is 1.45. The van der Waals surface area contributed by atoms with E-state index in [2.05, 4.69) is 28.8 Å². The smallest absolute Gasteiger partial charge is 0.267 e. The number of aromatic nitrogens is 1. The van der Waals surface area contributed by atoms with Crippen molar-refractivity contribution in [3.63, 3.8) is 0 Å². The van der Waals surface area contributed by atoms with Gasteiger partial charge in [0, 0.05) is 38.8 Å². The van der Waals surface area contributed by atoms with Crippen LogP contribution in [0.2, 0.25) is 0 Å². The van der Waals surface area contributed by atoms with E-state index in [1.807, 2.05) is 4.90 Å². The van der Waals surface area contributed by atoms with Gasteiger partial charge in [-0.15, -0.1) is 0 Å². The standard InChI is InChI=1S/C14H23N5OS/c1-10-9-19(8-7-17(10)2)13(20)11-12(15)16-14(21-11)18-5-3-4-6-18/h10H,3-9,15H2,1-2H3. The number of nitrogens with zero attached hydrogens (tertiary/aromatic N) is 4. The molecular weight excluding hydrogens is 286 g/mol. The molecule has 21 heavy (non-hydrogen) atoms. The summed E-state index contributed by atoms with van der Waals surface area (Å²) in [6, 6.07) is 0.384. The number of hydrogen-bond acceptors (Lipinski definition) is 6. The summed E-state index contributed by atoms with van der Waals surface area (Å²) in [5.74, 6) is 0.425. The lowest BCUT2D eigenvalue weighted by atomic mass is 10.2. The van der Waals surface area contributed by atoms with Crippen LogP contribution in [0.3, 0.4) is 0 Å². The van der Waals surface area contributed by atoms with Crippen LogP contribution in [0.25, 0.3) is 0 Å². The topological polar surface area (TPSA) is 65.7 Å². The Morgan fingerprint density at radius 3 is 2.67 bits per heavy atom. The fourth-order valence-corrected chi connectivity index (χ4v) is 3.90. The van der Waals surface area contributed by atoms with Gasteiger partial charge >= 0.3 is 0 Å². The lowest BCUT2D eigenvalue weighted by Crippen LogP contribution is -2.51. The molecule has 1 atom stereocenters. The van der Waals surface area contributed by atoms with Crippen LogP contribution < -0.4 is 10.6 Å². The van der Waals surface area contributed by atoms with Crippen molar-refractivity contribution in [3.05, 3.63) is 4.88 Å². The molecule has 0 radical (unpaired) electrons. The first-order chi connectivity index (χ1) is 10.1. The Kier molecular flexibility index (Phi) is 4.03. The van der Waals surface area contributed by atoms with E-state index in [0.29, 0.717) is 16.7 Å². The van der Waals surface area contributed by atoms with Crippen LogP contribution in [0.1, 0.15) is 29.4 Å². The summed E-state index contributed by atoms with van der Waals surface area (Å²) in [4.78, 5) is 24.1. The molecule has 0 aliphatic carbocycles. The minimum absolute atomic E-state index is 0.0374. The Labute approximate surface area is 129 Å². The van der Waals surface area contributed by atoms with Crippen molar-refractivity contribution < 1.29 is 4.79 Å². The Bertz CT molecular complexity index is 525. The second-order valence-corrected chi connectivity index (χ2v) is 6.96. The molecule has 1 unspecified atom stereocenters. The van der Waals surface area contributed by atoms with E-state index in [-0.39, 0.29) is 5.91 Å². The molecule has 0 aromatic carbocycles. The summed E-state index contributed by atoms with van der Waals surface area (Å²) < 4.78 is 0. The SMILES string of the molecule is CC1CN(C(=O)c2sc(N3CCCC3)nc2N)CCN1C. The maximum Gasteiger partial charge on any atom is 0.267 e. The van der Waals surface area contributed by atoms with E-state index < -0.39 is 0 Å². The van der Waals surface area contributed by atoms with Crippen molar-refractivity contribution in [2.75, 3.05) is 50.4 Å². The predicted octanol–water partition coefficient (Wildman–Crippen LogP) is 1.10. The highest BCUT2D eigenvalue weighted by Gasteiger charge is 2.29. The zero-order valence-corrected chi connectivity index (χ0v) is 13.5. The third kappa shape index (κ3) is 2.85. The number of carbonyl (C=O) groups is 1. The molecule has 0 spiro atoms. The fourth-order valence-electron chi connectivity index (χ4n) is 2.89. The van der Waals surface area contributed by atoms with E-state index in [9.17, 15) is 4.79 Å². The van der Waals surface area contributed by atoms with Gasteiger partial charge in [0.1, 0.15) is 10.7 Å². The lowest BCUT2D eigenvalue weighted by Gasteiger charge is -2.37. The maximum absolute atomic E-state index is 12.7. The summed E-state index contributed by atoms with van der Waals surface area (Å²) in [5.41, 5.74) is 5.99. The molecule has 0 saturated carbocycles. The van der Waals surface area contributed by atoms with Crippen molar-refractivity contribution in [2.24, 2.45) is 0 Å². The van der Waals surface area contributed by atoms with Gasteiger partial charge in [-0.1, -0.05) is 11.3 Å². The molecule has 2 N–H and O–H groups in total. The molecule has 1 amide bonds. The summed E-state index contributed by atoms with van der Waals surface area (Å²) in [5, 5.41) is 0.899. The van der Waals surface area contributed by atoms with E-state index in [1.165, 1.54) is 24.2 Å². The molecule has 2 saturated heterocycles. The number of piperazine rings is 1. The van der Waals surface area contributed by atoms with Gasteiger partial charge in [-0.3, -0.25) is 4.79 Å². The third-order valence-electron chi connectivity index (χ3n) is 4.46. The molecule has 0 bridgehead atoms. The van der Waals surface area contributed by atoms with Crippen molar-refractivity contribution in [1.82, 2.24) is 14.8 Å². The second-order valence-electron chi connectivity index (χ2n) is 5.99. The summed E-state index contributed by atoms with van der Waals surface area (Å²) in [6.07, 6.45) is 2.39. The highest BCUT2D eigenvalue weighted by atomic mass is 32.1. The van der Waals surface area contributed by atoms with Gasteiger partial charge in [-0.25, -0.2) is 4.98 Å². The average Bonchev–Trinajstić information content (AvgIpc) is 3.10. The summed E-state index contributed by atoms with van der Waals surface area (Å²) in [7, 11) is 2.10. The number of hydrogen-bond donors (Lipinski definition) is 1. The largest absolute Gasteiger partial charge is 0.382 e. The van der Waals surface area contributed by atoms with Gasteiger partial charge in [0.15, 0.2) is 5.13 Å². The number of nitrogen functional groups attached to an aromatic ring is 1. The van der Waals surface area contributed by atoms with Gasteiger partial charge < -0.3 is 20.4 Å². The first-order valence-electron chi connectivity index (χ1n) is 7.57. The van der Waals surface area contributed by atoms with Crippen LogP contribution in [0, 0.1) is 0 Å². The van der Waals surface area contributed by atoms with Gasteiger partial charge in [0.25, 0.3) is 5.91 Å². The van der Waals surface area contributed by atoms with E-state index in [1.54, 1.807) is 0 Å². The first-order valence-corrected chi connectivity index (χ1v) is 8.38. The molecule has 3 heterocycles. The minimum Gasteiger partial charge on any atom is -0.382 e. The van der Waals surface area contributed by atoms with Gasteiger partial charge in [0.05, 0.1) is 0 Å². The molecule has 3 rings (SSSR count). The van der Waals surface area contributed by atoms with Crippen LogP contribution >= 0.6 is 11.3 Å². The van der Waals surface area contributed by atoms with Gasteiger partial charge in [0.2, 0.25) is 0 Å². The van der Waals surface area contributed by atoms with Gasteiger partial charge in [-0.05, 0) is 26.8 Å². The second kappa shape index (κ2) is 5.81. The first kappa shape index (κ1) is 14.6. The average molecular weight is 309 g/mol. The fraction of sp³-hybridized carbons (Fsp3) is 0.714. The predicted molar refractivity (Wildman–Crippen MR) is 86.0 cm³/mol. The third-order valence-corrected chi connectivity index (χ3v) is 5.58. The molecular formula is C14H23N5OS. The Hall–Kier alpha value is -1.34. The van der Waals surface area contributed by atoms with E-state index in [4.69, 9.17) is 5.73 Å². The van der Waals surface area contributed by atoms with Crippen LogP contribution in [-0.2, 0) is 0 Å². The van der Waals surface area contributed by atoms with Crippen molar-refractivity contribution in [2.45, 2.75) is 25.8 Å². The minimum atomic E-state index is 0.0374. The molecule has 2 fully saturated rings. The van der Waals surface area contributed by atoms with Crippen LogP contribution in [0.5, 0.6) is 0 Å². The zero-order chi connectivity index (χ0) is 15.0. The molecule has 6 nitrogen and oxygen atoms in total. The number of rotatable bonds is 2. The number of carbonyl (C=O) groups excluding carboxylic acids is 1. The molecule has 116 valence electrons. The lowest BCUT2D eigenvalue weighted by molar-refractivity contribution is 0.0578. The molecule has 2 aliphatic heterocycles. The van der Waals surface area contributed by atoms with E-state index in [0.717, 1.165) is 37.9 Å². The highest BCUT2D eigenvalue weighted by molar-refractivity contribution is 7.18. The normalized spacial score (nSPS) is 23.8. The van der Waals surface area contributed by atoms with Crippen molar-refractivity contribution >= 4 is 28.2 Å². The van der Waals surface area contributed by atoms with Crippen LogP contribution in [0.4, 0.5) is 10.9 Å².